The van der Waals surface area contributed by atoms with Crippen molar-refractivity contribution >= 4 is 23.3 Å². The van der Waals surface area contributed by atoms with E-state index in [1.807, 2.05) is 0 Å². The van der Waals surface area contributed by atoms with Gasteiger partial charge in [0.2, 0.25) is 5.91 Å². The number of ether oxygens (including phenoxy) is 1. The van der Waals surface area contributed by atoms with E-state index < -0.39 is 12.2 Å². The van der Waals surface area contributed by atoms with E-state index in [1.165, 1.54) is 17.9 Å². The third-order valence-corrected chi connectivity index (χ3v) is 5.20. The van der Waals surface area contributed by atoms with E-state index in [9.17, 15) is 14.0 Å². The minimum atomic E-state index is -0.533. The zero-order valence-electron chi connectivity index (χ0n) is 13.9. The van der Waals surface area contributed by atoms with Crippen LogP contribution in [0, 0.1) is 17.7 Å². The second-order valence-electron chi connectivity index (χ2n) is 6.93. The lowest BCUT2D eigenvalue weighted by atomic mass is 10.0. The molecule has 1 heterocycles. The Hall–Kier alpha value is -2.41. The highest BCUT2D eigenvalue weighted by atomic mass is 19.1. The molecule has 0 bridgehead atoms. The quantitative estimate of drug-likeness (QED) is 0.869. The van der Waals surface area contributed by atoms with Crippen molar-refractivity contribution in [1.29, 1.82) is 0 Å². The van der Waals surface area contributed by atoms with Gasteiger partial charge in [-0.2, -0.15) is 0 Å². The summed E-state index contributed by atoms with van der Waals surface area (Å²) < 4.78 is 19.8. The van der Waals surface area contributed by atoms with E-state index in [0.717, 1.165) is 12.0 Å². The number of anilines is 1. The Morgan fingerprint density at radius 2 is 2.28 bits per heavy atom. The molecule has 0 spiro atoms. The van der Waals surface area contributed by atoms with Gasteiger partial charge in [0.05, 0.1) is 18.8 Å². The molecule has 2 amide bonds. The van der Waals surface area contributed by atoms with Gasteiger partial charge in [0, 0.05) is 18.5 Å². The molecule has 132 valence electrons. The summed E-state index contributed by atoms with van der Waals surface area (Å²) in [6, 6.07) is 5.03. The molecule has 6 nitrogen and oxygen atoms in total. The molecular weight excluding hydrogens is 325 g/mol. The van der Waals surface area contributed by atoms with E-state index in [2.05, 4.69) is 11.4 Å². The predicted octanol–water partition coefficient (Wildman–Crippen LogP) is 1.65. The van der Waals surface area contributed by atoms with E-state index in [-0.39, 0.29) is 30.9 Å². The highest BCUT2D eigenvalue weighted by Crippen LogP contribution is 2.52. The van der Waals surface area contributed by atoms with Crippen molar-refractivity contribution in [1.82, 2.24) is 5.32 Å². The van der Waals surface area contributed by atoms with E-state index in [1.54, 1.807) is 12.1 Å². The second-order valence-corrected chi connectivity index (χ2v) is 6.93. The summed E-state index contributed by atoms with van der Waals surface area (Å²) in [5.41, 5.74) is 7.93. The molecule has 1 saturated heterocycles. The molecule has 7 heteroatoms. The largest absolute Gasteiger partial charge is 0.442 e. The van der Waals surface area contributed by atoms with Gasteiger partial charge in [-0.1, -0.05) is 6.08 Å². The first-order valence-electron chi connectivity index (χ1n) is 8.43. The number of cyclic esters (lactones) is 1. The van der Waals surface area contributed by atoms with Crippen LogP contribution in [0.5, 0.6) is 0 Å². The summed E-state index contributed by atoms with van der Waals surface area (Å²) in [6.45, 7) is 1.92. The van der Waals surface area contributed by atoms with Crippen LogP contribution < -0.4 is 16.0 Å². The SMILES string of the molecule is CC(=O)NC[C@H]1CN(c2ccc(C3=CC4C(N)C4C3)c(F)c2)C(=O)O1. The molecule has 1 aromatic rings. The third kappa shape index (κ3) is 2.89. The van der Waals surface area contributed by atoms with Crippen molar-refractivity contribution in [2.45, 2.75) is 25.5 Å². The fraction of sp³-hybridized carbons (Fsp3) is 0.444. The predicted molar refractivity (Wildman–Crippen MR) is 90.2 cm³/mol. The first kappa shape index (κ1) is 16.1. The molecule has 1 aromatic carbocycles. The van der Waals surface area contributed by atoms with Gasteiger partial charge in [-0.25, -0.2) is 9.18 Å². The van der Waals surface area contributed by atoms with Gasteiger partial charge in [0.1, 0.15) is 11.9 Å². The van der Waals surface area contributed by atoms with Crippen LogP contribution in [0.25, 0.3) is 5.57 Å². The summed E-state index contributed by atoms with van der Waals surface area (Å²) >= 11 is 0. The first-order chi connectivity index (χ1) is 11.9. The molecule has 4 rings (SSSR count). The molecule has 3 N–H and O–H groups in total. The number of hydrogen-bond acceptors (Lipinski definition) is 4. The van der Waals surface area contributed by atoms with Crippen molar-refractivity contribution in [3.63, 3.8) is 0 Å². The van der Waals surface area contributed by atoms with Crippen LogP contribution in [-0.4, -0.2) is 37.2 Å². The maximum atomic E-state index is 14.6. The van der Waals surface area contributed by atoms with Crippen molar-refractivity contribution < 1.29 is 18.7 Å². The number of nitrogens with two attached hydrogens (primary N) is 1. The Kier molecular flexibility index (Phi) is 3.76. The van der Waals surface area contributed by atoms with E-state index in [4.69, 9.17) is 10.5 Å². The molecule has 2 aliphatic carbocycles. The average Bonchev–Trinajstić information content (AvgIpc) is 2.95. The van der Waals surface area contributed by atoms with Crippen LogP contribution in [-0.2, 0) is 9.53 Å². The summed E-state index contributed by atoms with van der Waals surface area (Å²) in [7, 11) is 0. The van der Waals surface area contributed by atoms with Crippen molar-refractivity contribution in [2.75, 3.05) is 18.0 Å². The van der Waals surface area contributed by atoms with Crippen LogP contribution in [0.2, 0.25) is 0 Å². The summed E-state index contributed by atoms with van der Waals surface area (Å²) in [5, 5.41) is 2.61. The number of carbonyl (C=O) groups excluding carboxylic acids is 2. The number of halogens is 1. The topological polar surface area (TPSA) is 84.7 Å². The number of benzene rings is 1. The fourth-order valence-corrected chi connectivity index (χ4v) is 3.72. The van der Waals surface area contributed by atoms with Gasteiger partial charge in [-0.15, -0.1) is 0 Å². The summed E-state index contributed by atoms with van der Waals surface area (Å²) in [5.74, 6) is 0.304. The molecule has 1 saturated carbocycles. The Labute approximate surface area is 144 Å². The Morgan fingerprint density at radius 1 is 1.48 bits per heavy atom. The third-order valence-electron chi connectivity index (χ3n) is 5.20. The number of rotatable bonds is 4. The maximum Gasteiger partial charge on any atom is 0.414 e. The number of nitrogens with one attached hydrogen (secondary N) is 1. The molecule has 0 radical (unpaired) electrons. The van der Waals surface area contributed by atoms with Gasteiger partial charge in [-0.05, 0) is 42.0 Å². The maximum absolute atomic E-state index is 14.6. The number of fused-ring (bicyclic) bond motifs is 1. The Bertz CT molecular complexity index is 779. The lowest BCUT2D eigenvalue weighted by Crippen LogP contribution is -2.33. The monoisotopic (exact) mass is 345 g/mol. The van der Waals surface area contributed by atoms with Crippen LogP contribution in [0.15, 0.2) is 24.3 Å². The first-order valence-corrected chi connectivity index (χ1v) is 8.43. The van der Waals surface area contributed by atoms with Gasteiger partial charge in [0.25, 0.3) is 0 Å². The number of nitrogens with zero attached hydrogens (tertiary/aromatic N) is 1. The molecule has 4 atom stereocenters. The van der Waals surface area contributed by atoms with Gasteiger partial charge in [-0.3, -0.25) is 9.69 Å². The zero-order chi connectivity index (χ0) is 17.7. The minimum Gasteiger partial charge on any atom is -0.442 e. The summed E-state index contributed by atoms with van der Waals surface area (Å²) in [4.78, 5) is 24.4. The van der Waals surface area contributed by atoms with Crippen LogP contribution in [0.1, 0.15) is 18.9 Å². The van der Waals surface area contributed by atoms with Crippen LogP contribution in [0.3, 0.4) is 0 Å². The molecule has 0 aromatic heterocycles. The molecule has 1 aliphatic heterocycles. The van der Waals surface area contributed by atoms with Crippen molar-refractivity contribution in [2.24, 2.45) is 17.6 Å². The van der Waals surface area contributed by atoms with E-state index in [0.29, 0.717) is 23.1 Å². The van der Waals surface area contributed by atoms with Crippen molar-refractivity contribution in [3.8, 4) is 0 Å². The second kappa shape index (κ2) is 5.84. The smallest absolute Gasteiger partial charge is 0.414 e. The number of amides is 2. The fourth-order valence-electron chi connectivity index (χ4n) is 3.72. The minimum absolute atomic E-state index is 0.187. The van der Waals surface area contributed by atoms with Gasteiger partial charge < -0.3 is 15.8 Å². The Morgan fingerprint density at radius 3 is 2.92 bits per heavy atom. The molecule has 25 heavy (non-hydrogen) atoms. The normalized spacial score (nSPS) is 30.0. The highest BCUT2D eigenvalue weighted by Gasteiger charge is 2.50. The van der Waals surface area contributed by atoms with Crippen LogP contribution >= 0.6 is 0 Å². The average molecular weight is 345 g/mol. The molecular formula is C18H20FN3O3. The van der Waals surface area contributed by atoms with E-state index >= 15 is 0 Å². The standard InChI is InChI=1S/C18H20FN3O3/c1-9(23)21-7-12-8-22(18(24)25-12)11-2-3-13(16(19)6-11)10-4-14-15(5-10)17(14)20/h2-4,6,12,14-15,17H,5,7-8,20H2,1H3,(H,21,23)/t12-,14?,15?,17?/m0/s1. The highest BCUT2D eigenvalue weighted by molar-refractivity contribution is 5.90. The lowest BCUT2D eigenvalue weighted by Gasteiger charge is -2.15. The lowest BCUT2D eigenvalue weighted by molar-refractivity contribution is -0.119. The van der Waals surface area contributed by atoms with Gasteiger partial charge in [0.15, 0.2) is 0 Å². The van der Waals surface area contributed by atoms with Crippen molar-refractivity contribution in [3.05, 3.63) is 35.7 Å². The van der Waals surface area contributed by atoms with Gasteiger partial charge >= 0.3 is 6.09 Å². The molecule has 3 unspecified atom stereocenters. The molecule has 3 aliphatic rings. The number of allylic oxidation sites excluding steroid dienone is 1. The number of carbonyl (C=O) groups is 2. The number of hydrogen-bond donors (Lipinski definition) is 2. The summed E-state index contributed by atoms with van der Waals surface area (Å²) in [6.07, 6.45) is 1.91. The molecule has 2 fully saturated rings. The van der Waals surface area contributed by atoms with Crippen LogP contribution in [0.4, 0.5) is 14.9 Å². The Balaban J connectivity index is 1.47. The zero-order valence-corrected chi connectivity index (χ0v) is 13.9.